The number of likely N-dealkylation sites (tertiary alicyclic amines) is 1. The molecule has 5 rings (SSSR count). The van der Waals surface area contributed by atoms with Gasteiger partial charge in [0.05, 0.1) is 34.9 Å². The number of ether oxygens (including phenoxy) is 1. The molecule has 120 heavy (non-hydrogen) atoms. The lowest BCUT2D eigenvalue weighted by atomic mass is 9.83. The van der Waals surface area contributed by atoms with Crippen molar-refractivity contribution in [3.05, 3.63) is 71.9 Å². The standard InChI is InChI=1S/C77H116N20O22S/c1-39(2)31-48-65(106)91-58(41(4)99)69(110)89-51(34-56(79)101)72(113)95(12)36-57(102)119-42(5)59(74(115)96(13)53(67(108)86-48)27-28-55(78)100)92-66(107)52(37-120(116,117)118)90-63(104)47(25-19-29-82-75(80)81)85-64(105)49(33-44-35-83-46-24-18-17-23-45(44)46)87-70(111)60(76(6,7)8)94-71(112)61(77(9,10)11)93-68(109)54-26-20-30-97(54)73(114)50(32-43-21-15-14-16-22-43)88-62(103)40(3)84-38-98/h14-18,21-24,35,38-42,47-54,58-61,83,99H,19-20,25-34,36-37H2,1-13H3,(H2,78,100)(H2,79,101)(H,84,98)(H,85,105)(H,86,108)(H,87,111)(H,88,103)(H,89,110)(H,90,104)(H,91,106)(H,92,107)(H,93,109)(H,94,112)(H4,80,81,82)(H,116,117,118)/t40-,41-,42-,47+,48-,49-,50+,51+,52-,53+,54+,58+,59?,60?,61?/m1/s1. The van der Waals surface area contributed by atoms with Gasteiger partial charge in [-0.05, 0) is 93.2 Å². The van der Waals surface area contributed by atoms with E-state index < -0.39 is 250 Å². The van der Waals surface area contributed by atoms with Crippen molar-refractivity contribution in [3.63, 3.8) is 0 Å². The summed E-state index contributed by atoms with van der Waals surface area (Å²) >= 11 is 0. The van der Waals surface area contributed by atoms with Crippen molar-refractivity contribution < 1.29 is 109 Å². The fraction of sp³-hybridized carbons (Fsp3) is 0.584. The average molecular weight is 1710 g/mol. The van der Waals surface area contributed by atoms with Crippen LogP contribution in [0.25, 0.3) is 10.9 Å². The highest BCUT2D eigenvalue weighted by Crippen LogP contribution is 2.28. The van der Waals surface area contributed by atoms with Crippen LogP contribution in [0.3, 0.4) is 0 Å². The molecule has 1 aromatic heterocycles. The van der Waals surface area contributed by atoms with Gasteiger partial charge >= 0.3 is 11.9 Å². The van der Waals surface area contributed by atoms with Crippen molar-refractivity contribution in [2.45, 2.75) is 231 Å². The Morgan fingerprint density at radius 3 is 1.87 bits per heavy atom. The number of cyclic esters (lactones) is 1. The van der Waals surface area contributed by atoms with Crippen LogP contribution in [-0.4, -0.2) is 275 Å². The highest BCUT2D eigenvalue weighted by atomic mass is 32.2. The van der Waals surface area contributed by atoms with E-state index >= 15 is 24.0 Å². The molecule has 16 amide bonds. The van der Waals surface area contributed by atoms with Gasteiger partial charge in [-0.2, -0.15) is 0 Å². The number of guanidine groups is 1. The van der Waals surface area contributed by atoms with Crippen molar-refractivity contribution in [3.8, 4) is 0 Å². The van der Waals surface area contributed by atoms with Crippen LogP contribution >= 0.6 is 0 Å². The Bertz CT molecular complexity index is 4370. The molecule has 22 N–H and O–H groups in total. The molecule has 3 heterocycles. The number of aromatic amines is 1. The summed E-state index contributed by atoms with van der Waals surface area (Å²) in [7, 11) is -3.71. The van der Waals surface area contributed by atoms with Crippen LogP contribution in [0.15, 0.2) is 60.8 Å². The zero-order valence-electron chi connectivity index (χ0n) is 69.6. The Labute approximate surface area is 694 Å². The zero-order chi connectivity index (χ0) is 90.2. The smallest absolute Gasteiger partial charge is 0.338 e. The number of nitrogens with zero attached hydrogens (tertiary/aromatic N) is 3. The molecule has 2 aliphatic rings. The first-order valence-corrected chi connectivity index (χ1v) is 40.6. The van der Waals surface area contributed by atoms with Crippen LogP contribution in [0.2, 0.25) is 0 Å². The number of carbonyl (C=O) groups is 17. The van der Waals surface area contributed by atoms with Gasteiger partial charge in [0.25, 0.3) is 0 Å². The molecule has 662 valence electrons. The minimum absolute atomic E-state index is 0.00519. The Morgan fingerprint density at radius 2 is 1.27 bits per heavy atom. The van der Waals surface area contributed by atoms with E-state index in [0.29, 0.717) is 44.7 Å². The van der Waals surface area contributed by atoms with Crippen molar-refractivity contribution in [2.24, 2.45) is 39.7 Å². The summed E-state index contributed by atoms with van der Waals surface area (Å²) in [5.41, 5.74) is 21.6. The van der Waals surface area contributed by atoms with Gasteiger partial charge in [0.15, 0.2) is 0 Å². The highest BCUT2D eigenvalue weighted by Gasteiger charge is 2.46. The third-order valence-corrected chi connectivity index (χ3v) is 20.7. The first kappa shape index (κ1) is 98.7. The van der Waals surface area contributed by atoms with E-state index in [1.807, 2.05) is 0 Å². The summed E-state index contributed by atoms with van der Waals surface area (Å²) in [4.78, 5) is 248. The molecule has 43 heteroatoms. The van der Waals surface area contributed by atoms with E-state index in [0.717, 1.165) is 27.9 Å². The molecule has 2 saturated heterocycles. The molecule has 0 saturated carbocycles. The third-order valence-electron chi connectivity index (χ3n) is 19.9. The number of aliphatic hydroxyl groups excluding tert-OH is 1. The number of amides is 16. The molecule has 3 unspecified atom stereocenters. The van der Waals surface area contributed by atoms with Gasteiger partial charge in [0, 0.05) is 57.0 Å². The lowest BCUT2D eigenvalue weighted by Crippen LogP contribution is -2.78. The van der Waals surface area contributed by atoms with Crippen LogP contribution in [0.1, 0.15) is 139 Å². The van der Waals surface area contributed by atoms with Gasteiger partial charge in [0.2, 0.25) is 95.0 Å². The summed E-state index contributed by atoms with van der Waals surface area (Å²) in [5, 5.41) is 38.6. The van der Waals surface area contributed by atoms with Crippen LogP contribution in [0, 0.1) is 16.7 Å². The van der Waals surface area contributed by atoms with Crippen molar-refractivity contribution in [1.82, 2.24) is 78.2 Å². The molecule has 15 atom stereocenters. The van der Waals surface area contributed by atoms with E-state index in [2.05, 4.69) is 68.5 Å². The molecule has 2 aromatic carbocycles. The highest BCUT2D eigenvalue weighted by molar-refractivity contribution is 7.85. The third kappa shape index (κ3) is 29.9. The van der Waals surface area contributed by atoms with Gasteiger partial charge in [-0.1, -0.05) is 104 Å². The minimum atomic E-state index is -5.68. The number of aromatic nitrogens is 1. The van der Waals surface area contributed by atoms with E-state index in [1.165, 1.54) is 18.0 Å². The van der Waals surface area contributed by atoms with Crippen molar-refractivity contribution >= 4 is 128 Å². The summed E-state index contributed by atoms with van der Waals surface area (Å²) < 4.78 is 44.4. The number of benzene rings is 2. The maximum absolute atomic E-state index is 15.4. The van der Waals surface area contributed by atoms with Crippen LogP contribution < -0.4 is 86.4 Å². The number of aliphatic hydroxyl groups is 1. The maximum atomic E-state index is 15.4. The molecule has 0 radical (unpaired) electrons. The number of hydrogen-bond acceptors (Lipinski definition) is 22. The van der Waals surface area contributed by atoms with Crippen molar-refractivity contribution in [1.29, 1.82) is 0 Å². The Hall–Kier alpha value is -11.9. The number of nitrogens with two attached hydrogens (primary N) is 4. The largest absolute Gasteiger partial charge is 0.748 e. The second kappa shape index (κ2) is 44.2. The number of esters is 1. The maximum Gasteiger partial charge on any atom is 0.338 e. The topological polar surface area (TPSA) is 653 Å². The van der Waals surface area contributed by atoms with E-state index in [-0.39, 0.29) is 51.2 Å². The Morgan fingerprint density at radius 1 is 0.692 bits per heavy atom. The number of rotatable bonds is 35. The lowest BCUT2D eigenvalue weighted by molar-refractivity contribution is -0.459. The number of primary amides is 2. The first-order chi connectivity index (χ1) is 55.9. The van der Waals surface area contributed by atoms with Gasteiger partial charge in [-0.25, -0.2) is 8.42 Å². The molecule has 42 nitrogen and oxygen atoms in total. The number of H-pyrrole nitrogens is 1. The van der Waals surface area contributed by atoms with E-state index in [4.69, 9.17) is 27.7 Å². The van der Waals surface area contributed by atoms with E-state index in [9.17, 15) is 75.6 Å². The summed E-state index contributed by atoms with van der Waals surface area (Å²) in [6.07, 6.45) is -4.74. The normalized spacial score (nSPS) is 20.8. The van der Waals surface area contributed by atoms with Crippen LogP contribution in [0.5, 0.6) is 0 Å². The number of hydrogen-bond donors (Lipinski definition) is 18. The fourth-order valence-corrected chi connectivity index (χ4v) is 14.1. The average Bonchev–Trinajstić information content (AvgIpc) is 1.58. The first-order valence-electron chi connectivity index (χ1n) is 39.1. The van der Waals surface area contributed by atoms with Gasteiger partial charge in [-0.3, -0.25) is 98.0 Å². The molecule has 0 spiro atoms. The number of carbonyl (C=O) groups excluding carboxylic acids is 17. The zero-order valence-corrected chi connectivity index (χ0v) is 70.4. The van der Waals surface area contributed by atoms with Crippen LogP contribution in [-0.2, 0) is 109 Å². The number of likely N-dealkylation sites (N-methyl/N-ethyl adjacent to an activating group) is 2. The quantitative estimate of drug-likeness (QED) is 0.00650. The second-order valence-electron chi connectivity index (χ2n) is 32.6. The molecule has 2 fully saturated rings. The summed E-state index contributed by atoms with van der Waals surface area (Å²) in [6, 6.07) is -6.68. The monoisotopic (exact) mass is 1700 g/mol. The predicted molar refractivity (Wildman–Crippen MR) is 430 cm³/mol. The fourth-order valence-electron chi connectivity index (χ4n) is 13.5. The Kier molecular flexibility index (Phi) is 36.4. The van der Waals surface area contributed by atoms with Gasteiger partial charge in [0.1, 0.15) is 91.2 Å². The van der Waals surface area contributed by atoms with Gasteiger partial charge < -0.3 is 104 Å². The number of fused-ring (bicyclic) bond motifs is 1. The number of para-hydroxylation sites is 1. The van der Waals surface area contributed by atoms with Crippen molar-refractivity contribution in [2.75, 3.05) is 39.5 Å². The molecular formula is C77H116N20O22S. The summed E-state index contributed by atoms with van der Waals surface area (Å²) in [5.74, 6) is -20.4. The SMILES string of the molecule is CC(C)C[C@H]1NC(=O)[C@H](CCC(N)=O)N(C)C(=O)C(NC(=O)[C@@H](CS(=O)(=O)[O-])NC(=O)[C@H](CCC[NH+]=C(N)N)NC(=O)[C@@H](Cc2c[nH]c3ccccc23)NC(=O)C(NC(=O)C(NC(=O)[C@@H]2CCCN2C(=O)[C@H](Cc2ccccc2)NC(=O)[C@@H](C)NC=O)C(C)(C)C)C(C)(C)C)[C@@H](C)OC(=O)CN(C)C(=O)[C@H](CC(N)=O)NC(=O)[C@H]([C@@H](C)O)NC1=O. The van der Waals surface area contributed by atoms with Crippen LogP contribution in [0.4, 0.5) is 0 Å². The minimum Gasteiger partial charge on any atom is -0.748 e. The Balaban J connectivity index is 1.56. The lowest BCUT2D eigenvalue weighted by Gasteiger charge is -2.37. The molecule has 0 bridgehead atoms. The number of nitrogens with one attached hydrogen (secondary N) is 13. The molecule has 3 aromatic rings. The second-order valence-corrected chi connectivity index (χ2v) is 34.0. The molecular weight excluding hydrogens is 1590 g/mol. The van der Waals surface area contributed by atoms with E-state index in [1.54, 1.807) is 110 Å². The molecule has 2 aliphatic heterocycles. The summed E-state index contributed by atoms with van der Waals surface area (Å²) in [6.45, 7) is 15.3. The van der Waals surface area contributed by atoms with Gasteiger partial charge in [-0.15, -0.1) is 0 Å². The predicted octanol–water partition coefficient (Wildman–Crippen LogP) is -7.50. The molecule has 0 aliphatic carbocycles.